The average Bonchev–Trinajstić information content (AvgIpc) is 3.17. The molecule has 5 aromatic carbocycles. The van der Waals surface area contributed by atoms with Crippen LogP contribution in [0, 0.1) is 10.1 Å². The second-order valence-electron chi connectivity index (χ2n) is 13.4. The van der Waals surface area contributed by atoms with E-state index in [0.717, 1.165) is 67.7 Å². The van der Waals surface area contributed by atoms with Crippen LogP contribution in [0.5, 0.6) is 0 Å². The van der Waals surface area contributed by atoms with Crippen molar-refractivity contribution in [1.82, 2.24) is 9.62 Å². The van der Waals surface area contributed by atoms with E-state index in [2.05, 4.69) is 68.4 Å². The van der Waals surface area contributed by atoms with Crippen LogP contribution in [-0.4, -0.2) is 62.1 Å². The minimum Gasteiger partial charge on any atom is -0.379 e. The molecular formula is C41H41N5O5S2. The number of anilines is 2. The molecule has 0 spiro atoms. The Bertz CT molecular complexity index is 2200. The number of nitro benzene ring substituents is 1. The van der Waals surface area contributed by atoms with Gasteiger partial charge in [-0.05, 0) is 84.0 Å². The summed E-state index contributed by atoms with van der Waals surface area (Å²) in [4.78, 5) is 30.2. The highest BCUT2D eigenvalue weighted by Crippen LogP contribution is 2.34. The lowest BCUT2D eigenvalue weighted by atomic mass is 9.92. The van der Waals surface area contributed by atoms with Gasteiger partial charge in [0.05, 0.1) is 9.82 Å². The molecule has 12 heteroatoms. The van der Waals surface area contributed by atoms with Gasteiger partial charge >= 0.3 is 0 Å². The fourth-order valence-electron chi connectivity index (χ4n) is 7.19. The molecule has 1 amide bonds. The minimum absolute atomic E-state index is 0.204. The standard InChI is InChI=1S/C41H41N5O5S2/c47-41(43-53(50,51)37-18-19-38(40(27-37)46(48)49)42-21-24-52-36-13-5-2-6-14-36)33-16-20-39-32(26-33)15-17-35-29-44(22-23-45(35)39)28-34-12-8-7-11-31(34)25-30-9-3-1-4-10-30/h1-14,16,18-20,26-27,35,42H,15,17,21-25,28-29H2,(H,43,47)/t35-/m0/s1. The van der Waals surface area contributed by atoms with Crippen LogP contribution in [0.25, 0.3) is 0 Å². The Morgan fingerprint density at radius 3 is 2.38 bits per heavy atom. The first kappa shape index (κ1) is 36.2. The van der Waals surface area contributed by atoms with Crippen molar-refractivity contribution in [3.8, 4) is 0 Å². The number of carbonyl (C=O) groups excluding carboxylic acids is 1. The van der Waals surface area contributed by atoms with E-state index < -0.39 is 20.9 Å². The molecule has 7 rings (SSSR count). The number of nitrogens with one attached hydrogen (secondary N) is 2. The van der Waals surface area contributed by atoms with E-state index >= 15 is 0 Å². The largest absolute Gasteiger partial charge is 0.379 e. The Labute approximate surface area is 314 Å². The van der Waals surface area contributed by atoms with Gasteiger partial charge in [0.25, 0.3) is 21.6 Å². The SMILES string of the molecule is O=C(NS(=O)(=O)c1ccc(NCCSc2ccccc2)c([N+](=O)[O-])c1)c1ccc2c(c1)CC[C@H]1CN(Cc3ccccc3Cc3ccccc3)CCN21. The predicted molar refractivity (Wildman–Crippen MR) is 210 cm³/mol. The van der Waals surface area contributed by atoms with Crippen LogP contribution < -0.4 is 14.9 Å². The lowest BCUT2D eigenvalue weighted by Gasteiger charge is -2.46. The summed E-state index contributed by atoms with van der Waals surface area (Å²) in [7, 11) is -4.39. The molecular weight excluding hydrogens is 707 g/mol. The number of rotatable bonds is 13. The van der Waals surface area contributed by atoms with Gasteiger partial charge in [-0.25, -0.2) is 13.1 Å². The lowest BCUT2D eigenvalue weighted by Crippen LogP contribution is -2.54. The van der Waals surface area contributed by atoms with Crippen LogP contribution in [0.15, 0.2) is 131 Å². The Morgan fingerprint density at radius 1 is 0.868 bits per heavy atom. The fourth-order valence-corrected chi connectivity index (χ4v) is 8.97. The van der Waals surface area contributed by atoms with Crippen molar-refractivity contribution >= 4 is 44.8 Å². The molecule has 2 aliphatic rings. The first-order valence-corrected chi connectivity index (χ1v) is 20.2. The highest BCUT2D eigenvalue weighted by molar-refractivity contribution is 7.99. The van der Waals surface area contributed by atoms with Crippen LogP contribution in [0.1, 0.15) is 39.0 Å². The second kappa shape index (κ2) is 16.2. The van der Waals surface area contributed by atoms with Gasteiger partial charge in [0.2, 0.25) is 0 Å². The maximum Gasteiger partial charge on any atom is 0.293 e. The van der Waals surface area contributed by atoms with Gasteiger partial charge < -0.3 is 10.2 Å². The highest BCUT2D eigenvalue weighted by Gasteiger charge is 2.32. The number of hydrogen-bond acceptors (Lipinski definition) is 9. The summed E-state index contributed by atoms with van der Waals surface area (Å²) < 4.78 is 28.7. The number of aryl methyl sites for hydroxylation is 1. The minimum atomic E-state index is -4.39. The molecule has 0 aromatic heterocycles. The molecule has 53 heavy (non-hydrogen) atoms. The monoisotopic (exact) mass is 747 g/mol. The molecule has 10 nitrogen and oxygen atoms in total. The van der Waals surface area contributed by atoms with E-state index in [1.807, 2.05) is 42.5 Å². The molecule has 0 bridgehead atoms. The third-order valence-corrected chi connectivity index (χ3v) is 12.2. The van der Waals surface area contributed by atoms with Gasteiger partial charge in [-0.2, -0.15) is 0 Å². The zero-order valence-corrected chi connectivity index (χ0v) is 30.8. The molecule has 272 valence electrons. The number of amides is 1. The van der Waals surface area contributed by atoms with E-state index in [9.17, 15) is 23.3 Å². The number of piperazine rings is 1. The number of thioether (sulfide) groups is 1. The molecule has 1 atom stereocenters. The van der Waals surface area contributed by atoms with Gasteiger partial charge in [0.1, 0.15) is 5.69 Å². The molecule has 2 heterocycles. The number of carbonyl (C=O) groups is 1. The lowest BCUT2D eigenvalue weighted by molar-refractivity contribution is -0.384. The molecule has 5 aromatic rings. The molecule has 2 aliphatic heterocycles. The average molecular weight is 748 g/mol. The summed E-state index contributed by atoms with van der Waals surface area (Å²) in [5.41, 5.74) is 6.12. The van der Waals surface area contributed by atoms with Gasteiger partial charge in [0.15, 0.2) is 0 Å². The molecule has 0 saturated carbocycles. The second-order valence-corrected chi connectivity index (χ2v) is 16.2. The normalized spacial score (nSPS) is 15.6. The summed E-state index contributed by atoms with van der Waals surface area (Å²) in [5, 5.41) is 14.9. The Kier molecular flexibility index (Phi) is 11.1. The van der Waals surface area contributed by atoms with Crippen molar-refractivity contribution in [2.24, 2.45) is 0 Å². The fraction of sp³-hybridized carbons (Fsp3) is 0.244. The topological polar surface area (TPSA) is 125 Å². The molecule has 2 N–H and O–H groups in total. The summed E-state index contributed by atoms with van der Waals surface area (Å²) in [6.45, 7) is 4.02. The number of sulfonamides is 1. The molecule has 0 aliphatic carbocycles. The third kappa shape index (κ3) is 8.73. The Balaban J connectivity index is 0.968. The van der Waals surface area contributed by atoms with E-state index in [0.29, 0.717) is 18.3 Å². The van der Waals surface area contributed by atoms with Crippen LogP contribution in [-0.2, 0) is 29.4 Å². The summed E-state index contributed by atoms with van der Waals surface area (Å²) >= 11 is 1.60. The number of fused-ring (bicyclic) bond motifs is 3. The number of nitro groups is 1. The predicted octanol–water partition coefficient (Wildman–Crippen LogP) is 7.15. The van der Waals surface area contributed by atoms with E-state index in [-0.39, 0.29) is 21.8 Å². The van der Waals surface area contributed by atoms with E-state index in [1.54, 1.807) is 23.9 Å². The van der Waals surface area contributed by atoms with Crippen LogP contribution in [0.4, 0.5) is 17.1 Å². The molecule has 0 radical (unpaired) electrons. The van der Waals surface area contributed by atoms with Gasteiger partial charge in [-0.3, -0.25) is 19.8 Å². The van der Waals surface area contributed by atoms with Crippen LogP contribution in [0.3, 0.4) is 0 Å². The summed E-state index contributed by atoms with van der Waals surface area (Å²) in [5.74, 6) is -0.129. The maximum atomic E-state index is 13.3. The quantitative estimate of drug-likeness (QED) is 0.0560. The van der Waals surface area contributed by atoms with Gasteiger partial charge in [0, 0.05) is 66.7 Å². The summed E-state index contributed by atoms with van der Waals surface area (Å²) in [6, 6.07) is 38.3. The highest BCUT2D eigenvalue weighted by atomic mass is 32.2. The van der Waals surface area contributed by atoms with Crippen molar-refractivity contribution in [3.63, 3.8) is 0 Å². The van der Waals surface area contributed by atoms with Crippen molar-refractivity contribution in [1.29, 1.82) is 0 Å². The van der Waals surface area contributed by atoms with Crippen LogP contribution in [0.2, 0.25) is 0 Å². The van der Waals surface area contributed by atoms with Crippen LogP contribution >= 0.6 is 11.8 Å². The Hall–Kier alpha value is -5.17. The van der Waals surface area contributed by atoms with E-state index in [4.69, 9.17) is 0 Å². The zero-order valence-electron chi connectivity index (χ0n) is 29.2. The van der Waals surface area contributed by atoms with E-state index in [1.165, 1.54) is 28.8 Å². The number of nitrogens with zero attached hydrogens (tertiary/aromatic N) is 3. The van der Waals surface area contributed by atoms with Crippen molar-refractivity contribution in [2.45, 2.75) is 41.6 Å². The smallest absolute Gasteiger partial charge is 0.293 e. The maximum absolute atomic E-state index is 13.3. The van der Waals surface area contributed by atoms with Crippen molar-refractivity contribution < 1.29 is 18.1 Å². The van der Waals surface area contributed by atoms with Gasteiger partial charge in [-0.15, -0.1) is 11.8 Å². The zero-order chi connectivity index (χ0) is 36.8. The summed E-state index contributed by atoms with van der Waals surface area (Å²) in [6.07, 6.45) is 2.60. The molecule has 1 fully saturated rings. The molecule has 0 unspecified atom stereocenters. The molecule has 1 saturated heterocycles. The first-order valence-electron chi connectivity index (χ1n) is 17.7. The number of benzene rings is 5. The Morgan fingerprint density at radius 2 is 1.60 bits per heavy atom. The van der Waals surface area contributed by atoms with Crippen molar-refractivity contribution in [3.05, 3.63) is 159 Å². The first-order chi connectivity index (χ1) is 25.7. The van der Waals surface area contributed by atoms with Gasteiger partial charge in [-0.1, -0.05) is 72.8 Å². The number of hydrogen-bond donors (Lipinski definition) is 2. The van der Waals surface area contributed by atoms with Crippen molar-refractivity contribution in [2.75, 3.05) is 42.1 Å². The third-order valence-electron chi connectivity index (χ3n) is 9.85.